The minimum Gasteiger partial charge on any atom is -0.374 e. The predicted octanol–water partition coefficient (Wildman–Crippen LogP) is 2.53. The molecule has 1 atom stereocenters. The van der Waals surface area contributed by atoms with Crippen LogP contribution in [0.15, 0.2) is 22.7 Å². The number of likely N-dealkylation sites (tertiary alicyclic amines) is 1. The van der Waals surface area contributed by atoms with E-state index >= 15 is 0 Å². The number of anilines is 1. The van der Waals surface area contributed by atoms with Crippen LogP contribution in [0.2, 0.25) is 0 Å². The Bertz CT molecular complexity index is 574. The van der Waals surface area contributed by atoms with Crippen molar-refractivity contribution in [2.24, 2.45) is 0 Å². The highest BCUT2D eigenvalue weighted by molar-refractivity contribution is 9.10. The number of carbonyl (C=O) groups is 1. The zero-order valence-corrected chi connectivity index (χ0v) is 12.3. The molecule has 1 aromatic rings. The Morgan fingerprint density at radius 2 is 2.15 bits per heavy atom. The summed E-state index contributed by atoms with van der Waals surface area (Å²) < 4.78 is 0.664. The van der Waals surface area contributed by atoms with Crippen LogP contribution in [-0.4, -0.2) is 34.4 Å². The molecule has 1 saturated heterocycles. The van der Waals surface area contributed by atoms with Crippen LogP contribution >= 0.6 is 15.9 Å². The summed E-state index contributed by atoms with van der Waals surface area (Å²) in [4.78, 5) is 24.4. The molecule has 1 unspecified atom stereocenters. The molecule has 1 N–H and O–H groups in total. The lowest BCUT2D eigenvalue weighted by molar-refractivity contribution is -0.384. The summed E-state index contributed by atoms with van der Waals surface area (Å²) in [5, 5.41) is 14.2. The van der Waals surface area contributed by atoms with Crippen molar-refractivity contribution in [2.75, 3.05) is 11.9 Å². The normalized spacial score (nSPS) is 22.1. The van der Waals surface area contributed by atoms with Crippen molar-refractivity contribution < 1.29 is 9.72 Å². The first-order valence-electron chi connectivity index (χ1n) is 6.54. The minimum absolute atomic E-state index is 0.0247. The monoisotopic (exact) mass is 339 g/mol. The van der Waals surface area contributed by atoms with Gasteiger partial charge in [0.1, 0.15) is 5.69 Å². The van der Waals surface area contributed by atoms with Gasteiger partial charge in [-0.2, -0.15) is 0 Å². The van der Waals surface area contributed by atoms with Crippen molar-refractivity contribution in [3.63, 3.8) is 0 Å². The molecule has 2 fully saturated rings. The highest BCUT2D eigenvalue weighted by Gasteiger charge is 2.39. The molecule has 1 aromatic carbocycles. The van der Waals surface area contributed by atoms with Gasteiger partial charge in [-0.1, -0.05) is 15.9 Å². The van der Waals surface area contributed by atoms with Crippen LogP contribution in [0, 0.1) is 10.1 Å². The third kappa shape index (κ3) is 2.63. The maximum absolute atomic E-state index is 11.9. The molecule has 1 heterocycles. The Morgan fingerprint density at radius 1 is 1.40 bits per heavy atom. The SMILES string of the molecule is O=C1CC(Nc2ccc(Br)cc2[N+](=O)[O-])CN1C1CC1. The van der Waals surface area contributed by atoms with E-state index in [2.05, 4.69) is 21.2 Å². The summed E-state index contributed by atoms with van der Waals surface area (Å²) in [6.07, 6.45) is 2.57. The van der Waals surface area contributed by atoms with Crippen molar-refractivity contribution >= 4 is 33.2 Å². The average molecular weight is 340 g/mol. The van der Waals surface area contributed by atoms with Gasteiger partial charge in [0.2, 0.25) is 5.91 Å². The van der Waals surface area contributed by atoms with Gasteiger partial charge < -0.3 is 10.2 Å². The van der Waals surface area contributed by atoms with E-state index in [0.717, 1.165) is 12.8 Å². The second-order valence-corrected chi connectivity index (χ2v) is 6.16. The van der Waals surface area contributed by atoms with Crippen LogP contribution in [0.4, 0.5) is 11.4 Å². The first-order valence-corrected chi connectivity index (χ1v) is 7.34. The number of carbonyl (C=O) groups excluding carboxylic acids is 1. The third-order valence-electron chi connectivity index (χ3n) is 3.66. The van der Waals surface area contributed by atoms with E-state index in [-0.39, 0.29) is 17.6 Å². The summed E-state index contributed by atoms with van der Waals surface area (Å²) in [6.45, 7) is 0.636. The maximum atomic E-state index is 11.9. The molecular formula is C13H14BrN3O3. The Morgan fingerprint density at radius 3 is 2.80 bits per heavy atom. The van der Waals surface area contributed by atoms with E-state index in [1.165, 1.54) is 6.07 Å². The van der Waals surface area contributed by atoms with E-state index < -0.39 is 4.92 Å². The van der Waals surface area contributed by atoms with E-state index in [4.69, 9.17) is 0 Å². The molecule has 106 valence electrons. The summed E-state index contributed by atoms with van der Waals surface area (Å²) in [6, 6.07) is 5.24. The van der Waals surface area contributed by atoms with Gasteiger partial charge in [0.15, 0.2) is 0 Å². The van der Waals surface area contributed by atoms with E-state index in [0.29, 0.717) is 29.2 Å². The number of nitrogens with zero attached hydrogens (tertiary/aromatic N) is 2. The van der Waals surface area contributed by atoms with Crippen LogP contribution in [0.3, 0.4) is 0 Å². The molecule has 2 aliphatic rings. The topological polar surface area (TPSA) is 75.5 Å². The quantitative estimate of drug-likeness (QED) is 0.675. The third-order valence-corrected chi connectivity index (χ3v) is 4.16. The summed E-state index contributed by atoms with van der Waals surface area (Å²) in [5.74, 6) is 0.143. The number of hydrogen-bond donors (Lipinski definition) is 1. The zero-order chi connectivity index (χ0) is 14.3. The van der Waals surface area contributed by atoms with Crippen LogP contribution in [0.25, 0.3) is 0 Å². The number of halogens is 1. The molecule has 0 bridgehead atoms. The molecule has 0 radical (unpaired) electrons. The molecule has 20 heavy (non-hydrogen) atoms. The standard InChI is InChI=1S/C13H14BrN3O3/c14-8-1-4-11(12(5-8)17(19)20)15-9-6-13(18)16(7-9)10-2-3-10/h1,4-5,9-10,15H,2-3,6-7H2. The molecule has 3 rings (SSSR count). The smallest absolute Gasteiger partial charge is 0.293 e. The highest BCUT2D eigenvalue weighted by atomic mass is 79.9. The minimum atomic E-state index is -0.414. The largest absolute Gasteiger partial charge is 0.374 e. The molecule has 0 aromatic heterocycles. The van der Waals surface area contributed by atoms with Gasteiger partial charge in [0.05, 0.1) is 11.0 Å². The summed E-state index contributed by atoms with van der Waals surface area (Å²) >= 11 is 3.23. The predicted molar refractivity (Wildman–Crippen MR) is 77.6 cm³/mol. The Balaban J connectivity index is 1.75. The fourth-order valence-corrected chi connectivity index (χ4v) is 2.91. The number of amides is 1. The second kappa shape index (κ2) is 5.05. The molecule has 1 aliphatic carbocycles. The number of nitrogens with one attached hydrogen (secondary N) is 1. The molecule has 6 nitrogen and oxygen atoms in total. The van der Waals surface area contributed by atoms with E-state index in [9.17, 15) is 14.9 Å². The van der Waals surface area contributed by atoms with Gasteiger partial charge in [-0.05, 0) is 25.0 Å². The zero-order valence-electron chi connectivity index (χ0n) is 10.7. The van der Waals surface area contributed by atoms with E-state index in [1.54, 1.807) is 12.1 Å². The van der Waals surface area contributed by atoms with Crippen LogP contribution in [0.1, 0.15) is 19.3 Å². The van der Waals surface area contributed by atoms with Gasteiger partial charge >= 0.3 is 0 Å². The van der Waals surface area contributed by atoms with Gasteiger partial charge in [-0.3, -0.25) is 14.9 Å². The summed E-state index contributed by atoms with van der Waals surface area (Å²) in [7, 11) is 0. The molecule has 1 amide bonds. The highest BCUT2D eigenvalue weighted by Crippen LogP contribution is 2.33. The van der Waals surface area contributed by atoms with Crippen molar-refractivity contribution in [2.45, 2.75) is 31.3 Å². The van der Waals surface area contributed by atoms with Crippen molar-refractivity contribution in [1.82, 2.24) is 4.90 Å². The molecule has 7 heteroatoms. The Kier molecular flexibility index (Phi) is 3.37. The maximum Gasteiger partial charge on any atom is 0.293 e. The molecule has 1 saturated carbocycles. The number of nitro benzene ring substituents is 1. The fraction of sp³-hybridized carbons (Fsp3) is 0.462. The first kappa shape index (κ1) is 13.4. The number of hydrogen-bond acceptors (Lipinski definition) is 4. The lowest BCUT2D eigenvalue weighted by Gasteiger charge is -2.16. The fourth-order valence-electron chi connectivity index (χ4n) is 2.57. The van der Waals surface area contributed by atoms with Crippen LogP contribution < -0.4 is 5.32 Å². The molecular weight excluding hydrogens is 326 g/mol. The van der Waals surface area contributed by atoms with Gasteiger partial charge in [-0.25, -0.2) is 0 Å². The molecule has 0 spiro atoms. The average Bonchev–Trinajstić information content (AvgIpc) is 3.16. The van der Waals surface area contributed by atoms with Crippen molar-refractivity contribution in [3.05, 3.63) is 32.8 Å². The summed E-state index contributed by atoms with van der Waals surface area (Å²) in [5.41, 5.74) is 0.491. The lowest BCUT2D eigenvalue weighted by Crippen LogP contribution is -2.29. The lowest BCUT2D eigenvalue weighted by atomic mass is 10.2. The van der Waals surface area contributed by atoms with Crippen molar-refractivity contribution in [1.29, 1.82) is 0 Å². The van der Waals surface area contributed by atoms with Crippen LogP contribution in [-0.2, 0) is 4.79 Å². The Hall–Kier alpha value is -1.63. The molecule has 1 aliphatic heterocycles. The number of nitro groups is 1. The number of rotatable bonds is 4. The Labute approximate surface area is 124 Å². The van der Waals surface area contributed by atoms with Crippen molar-refractivity contribution in [3.8, 4) is 0 Å². The second-order valence-electron chi connectivity index (χ2n) is 5.24. The van der Waals surface area contributed by atoms with Gasteiger partial charge in [0, 0.05) is 29.5 Å². The van der Waals surface area contributed by atoms with Crippen LogP contribution in [0.5, 0.6) is 0 Å². The van der Waals surface area contributed by atoms with E-state index in [1.807, 2.05) is 4.90 Å². The van der Waals surface area contributed by atoms with Gasteiger partial charge in [0.25, 0.3) is 5.69 Å². The first-order chi connectivity index (χ1) is 9.54. The number of benzene rings is 1. The van der Waals surface area contributed by atoms with Gasteiger partial charge in [-0.15, -0.1) is 0 Å².